The lowest BCUT2D eigenvalue weighted by Crippen LogP contribution is -2.40. The van der Waals surface area contributed by atoms with Crippen molar-refractivity contribution in [1.29, 1.82) is 0 Å². The maximum atomic E-state index is 12.1. The number of ketones is 2. The molecule has 0 aromatic heterocycles. The smallest absolute Gasteiger partial charge is 0.317 e. The van der Waals surface area contributed by atoms with Gasteiger partial charge in [-0.05, 0) is 31.2 Å². The molecular formula is C13H19NO4. The zero-order valence-corrected chi connectivity index (χ0v) is 10.8. The van der Waals surface area contributed by atoms with Crippen LogP contribution in [0.1, 0.15) is 33.1 Å². The van der Waals surface area contributed by atoms with E-state index in [1.54, 1.807) is 0 Å². The molecule has 2 aliphatic rings. The highest BCUT2D eigenvalue weighted by atomic mass is 16.4. The van der Waals surface area contributed by atoms with Crippen LogP contribution in [-0.2, 0) is 14.4 Å². The van der Waals surface area contributed by atoms with Gasteiger partial charge in [0.1, 0.15) is 0 Å². The van der Waals surface area contributed by atoms with Crippen LogP contribution in [0.2, 0.25) is 0 Å². The zero-order valence-electron chi connectivity index (χ0n) is 10.8. The Kier molecular flexibility index (Phi) is 3.05. The number of aliphatic carboxylic acids is 1. The largest absolute Gasteiger partial charge is 0.480 e. The molecule has 2 aliphatic carbocycles. The van der Waals surface area contributed by atoms with Crippen molar-refractivity contribution in [2.75, 3.05) is 13.1 Å². The molecule has 2 unspecified atom stereocenters. The van der Waals surface area contributed by atoms with Crippen molar-refractivity contribution in [2.45, 2.75) is 33.1 Å². The molecule has 2 rings (SSSR count). The Bertz CT molecular complexity index is 415. The molecule has 0 aromatic rings. The third-order valence-electron chi connectivity index (χ3n) is 4.94. The van der Waals surface area contributed by atoms with Crippen molar-refractivity contribution in [3.63, 3.8) is 0 Å². The maximum Gasteiger partial charge on any atom is 0.317 e. The number of carboxylic acids is 1. The van der Waals surface area contributed by atoms with Gasteiger partial charge >= 0.3 is 5.97 Å². The highest BCUT2D eigenvalue weighted by molar-refractivity contribution is 6.43. The van der Waals surface area contributed by atoms with Gasteiger partial charge in [-0.2, -0.15) is 0 Å². The topological polar surface area (TPSA) is 83.5 Å². The van der Waals surface area contributed by atoms with Gasteiger partial charge in [-0.1, -0.05) is 13.8 Å². The number of carbonyl (C=O) groups is 3. The number of hydrogen-bond donors (Lipinski definition) is 2. The minimum Gasteiger partial charge on any atom is -0.480 e. The van der Waals surface area contributed by atoms with Gasteiger partial charge in [-0.15, -0.1) is 0 Å². The summed E-state index contributed by atoms with van der Waals surface area (Å²) in [5, 5.41) is 11.3. The molecule has 0 spiro atoms. The highest BCUT2D eigenvalue weighted by Crippen LogP contribution is 2.63. The normalized spacial score (nSPS) is 33.1. The van der Waals surface area contributed by atoms with Crippen LogP contribution >= 0.6 is 0 Å². The lowest BCUT2D eigenvalue weighted by molar-refractivity contribution is -0.142. The third-order valence-corrected chi connectivity index (χ3v) is 4.94. The monoisotopic (exact) mass is 253 g/mol. The summed E-state index contributed by atoms with van der Waals surface area (Å²) < 4.78 is 0. The molecule has 0 aromatic carbocycles. The predicted molar refractivity (Wildman–Crippen MR) is 64.1 cm³/mol. The molecule has 100 valence electrons. The van der Waals surface area contributed by atoms with Crippen molar-refractivity contribution < 1.29 is 19.5 Å². The highest BCUT2D eigenvalue weighted by Gasteiger charge is 2.68. The lowest BCUT2D eigenvalue weighted by atomic mass is 9.67. The van der Waals surface area contributed by atoms with Gasteiger partial charge in [0.25, 0.3) is 0 Å². The fourth-order valence-electron chi connectivity index (χ4n) is 3.72. The van der Waals surface area contributed by atoms with Crippen molar-refractivity contribution in [1.82, 2.24) is 5.32 Å². The van der Waals surface area contributed by atoms with Crippen LogP contribution in [0.25, 0.3) is 0 Å². The van der Waals surface area contributed by atoms with Gasteiger partial charge in [0.05, 0.1) is 6.54 Å². The molecule has 18 heavy (non-hydrogen) atoms. The molecule has 2 bridgehead atoms. The van der Waals surface area contributed by atoms with Gasteiger partial charge in [-0.3, -0.25) is 14.4 Å². The van der Waals surface area contributed by atoms with Crippen molar-refractivity contribution in [3.05, 3.63) is 0 Å². The van der Waals surface area contributed by atoms with E-state index < -0.39 is 11.4 Å². The van der Waals surface area contributed by atoms with Gasteiger partial charge in [0, 0.05) is 11.3 Å². The predicted octanol–water partition coefficient (Wildman–Crippen LogP) is 0.625. The van der Waals surface area contributed by atoms with Gasteiger partial charge in [0.2, 0.25) is 11.6 Å². The van der Waals surface area contributed by atoms with E-state index in [1.165, 1.54) is 0 Å². The Hall–Kier alpha value is -1.23. The summed E-state index contributed by atoms with van der Waals surface area (Å²) in [5.74, 6) is -1.50. The van der Waals surface area contributed by atoms with Gasteiger partial charge in [-0.25, -0.2) is 0 Å². The van der Waals surface area contributed by atoms with Crippen LogP contribution in [0.15, 0.2) is 0 Å². The number of fused-ring (bicyclic) bond motifs is 2. The minimum atomic E-state index is -0.912. The molecule has 0 saturated heterocycles. The Morgan fingerprint density at radius 3 is 2.61 bits per heavy atom. The van der Waals surface area contributed by atoms with E-state index in [0.29, 0.717) is 13.0 Å². The second-order valence-corrected chi connectivity index (χ2v) is 5.91. The molecule has 0 aliphatic heterocycles. The second-order valence-electron chi connectivity index (χ2n) is 5.91. The SMILES string of the molecule is CC1(C)C2CCC1(CCNCC(=O)O)C(=O)C2=O. The first-order chi connectivity index (χ1) is 8.33. The van der Waals surface area contributed by atoms with E-state index in [-0.39, 0.29) is 29.4 Å². The Morgan fingerprint density at radius 2 is 2.11 bits per heavy atom. The third kappa shape index (κ3) is 1.61. The van der Waals surface area contributed by atoms with Crippen molar-refractivity contribution in [2.24, 2.45) is 16.7 Å². The van der Waals surface area contributed by atoms with Crippen LogP contribution in [0.4, 0.5) is 0 Å². The van der Waals surface area contributed by atoms with E-state index in [0.717, 1.165) is 12.8 Å². The first-order valence-electron chi connectivity index (χ1n) is 6.34. The summed E-state index contributed by atoms with van der Waals surface area (Å²) in [7, 11) is 0. The molecule has 0 radical (unpaired) electrons. The molecule has 5 heteroatoms. The van der Waals surface area contributed by atoms with Crippen molar-refractivity contribution >= 4 is 17.5 Å². The average molecular weight is 253 g/mol. The molecule has 2 saturated carbocycles. The number of nitrogens with one attached hydrogen (secondary N) is 1. The summed E-state index contributed by atoms with van der Waals surface area (Å²) >= 11 is 0. The Balaban J connectivity index is 2.07. The summed E-state index contributed by atoms with van der Waals surface area (Å²) in [6.45, 7) is 4.33. The van der Waals surface area contributed by atoms with Crippen LogP contribution in [-0.4, -0.2) is 35.7 Å². The van der Waals surface area contributed by atoms with E-state index in [4.69, 9.17) is 5.11 Å². The number of carbonyl (C=O) groups excluding carboxylic acids is 2. The number of carboxylic acid groups (broad SMARTS) is 1. The molecule has 0 heterocycles. The molecule has 2 N–H and O–H groups in total. The summed E-state index contributed by atoms with van der Waals surface area (Å²) in [5.41, 5.74) is -0.855. The first-order valence-corrected chi connectivity index (χ1v) is 6.34. The zero-order chi connectivity index (χ0) is 13.6. The number of hydrogen-bond acceptors (Lipinski definition) is 4. The van der Waals surface area contributed by atoms with Crippen LogP contribution < -0.4 is 5.32 Å². The lowest BCUT2D eigenvalue weighted by Gasteiger charge is -2.35. The molecule has 2 atom stereocenters. The molecular weight excluding hydrogens is 234 g/mol. The fraction of sp³-hybridized carbons (Fsp3) is 0.769. The van der Waals surface area contributed by atoms with Gasteiger partial charge in [0.15, 0.2) is 0 Å². The van der Waals surface area contributed by atoms with Crippen LogP contribution in [0, 0.1) is 16.7 Å². The Labute approximate surface area is 106 Å². The van der Waals surface area contributed by atoms with E-state index in [2.05, 4.69) is 5.32 Å². The first kappa shape index (κ1) is 13.2. The molecule has 5 nitrogen and oxygen atoms in total. The maximum absolute atomic E-state index is 12.1. The molecule has 2 fully saturated rings. The summed E-state index contributed by atoms with van der Waals surface area (Å²) in [4.78, 5) is 34.4. The van der Waals surface area contributed by atoms with E-state index >= 15 is 0 Å². The minimum absolute atomic E-state index is 0.109. The van der Waals surface area contributed by atoms with Gasteiger partial charge < -0.3 is 10.4 Å². The van der Waals surface area contributed by atoms with E-state index in [9.17, 15) is 14.4 Å². The van der Waals surface area contributed by atoms with Crippen LogP contribution in [0.3, 0.4) is 0 Å². The summed E-state index contributed by atoms with van der Waals surface area (Å²) in [6, 6.07) is 0. The summed E-state index contributed by atoms with van der Waals surface area (Å²) in [6.07, 6.45) is 2.09. The van der Waals surface area contributed by atoms with E-state index in [1.807, 2.05) is 13.8 Å². The number of rotatable bonds is 5. The van der Waals surface area contributed by atoms with Crippen molar-refractivity contribution in [3.8, 4) is 0 Å². The second kappa shape index (κ2) is 4.16. The molecule has 0 amide bonds. The quantitative estimate of drug-likeness (QED) is 0.554. The Morgan fingerprint density at radius 1 is 1.44 bits per heavy atom. The standard InChI is InChI=1S/C13H19NO4/c1-12(2)8-3-4-13(12,11(18)10(8)17)5-6-14-7-9(15)16/h8,14H,3-7H2,1-2H3,(H,15,16). The van der Waals surface area contributed by atoms with Crippen LogP contribution in [0.5, 0.6) is 0 Å². The fourth-order valence-corrected chi connectivity index (χ4v) is 3.72. The number of Topliss-reactive ketones (excluding diaryl/α,β-unsaturated/α-hetero) is 2. The average Bonchev–Trinajstić information content (AvgIpc) is 2.61.